The number of fused-ring (bicyclic) bond motifs is 1. The maximum Gasteiger partial charge on any atom is 0.417 e. The Bertz CT molecular complexity index is 641. The Balaban J connectivity index is 3.00. The van der Waals surface area contributed by atoms with Gasteiger partial charge in [-0.1, -0.05) is 32.0 Å². The molecule has 0 bridgehead atoms. The van der Waals surface area contributed by atoms with Crippen LogP contribution >= 0.6 is 0 Å². The Morgan fingerprint density at radius 2 is 1.78 bits per heavy atom. The largest absolute Gasteiger partial charge is 0.417 e. The predicted octanol–water partition coefficient (Wildman–Crippen LogP) is 3.67. The molecule has 0 spiro atoms. The fraction of sp³-hybridized carbons (Fsp3) is 0.308. The van der Waals surface area contributed by atoms with Gasteiger partial charge in [-0.3, -0.25) is 4.79 Å². The normalized spacial score (nSPS) is 12.3. The summed E-state index contributed by atoms with van der Waals surface area (Å²) in [7, 11) is 0. The summed E-state index contributed by atoms with van der Waals surface area (Å²) in [5.41, 5.74) is -1.49. The number of pyridine rings is 1. The predicted molar refractivity (Wildman–Crippen MR) is 63.7 cm³/mol. The van der Waals surface area contributed by atoms with E-state index in [0.29, 0.717) is 0 Å². The van der Waals surface area contributed by atoms with Crippen LogP contribution in [0.2, 0.25) is 0 Å². The van der Waals surface area contributed by atoms with Gasteiger partial charge in [0.2, 0.25) is 0 Å². The Morgan fingerprint density at radius 1 is 1.17 bits per heavy atom. The molecule has 0 aliphatic carbocycles. The topological polar surface area (TPSA) is 32.9 Å². The van der Waals surface area contributed by atoms with Gasteiger partial charge in [0, 0.05) is 16.5 Å². The van der Waals surface area contributed by atoms with Crippen LogP contribution in [0.4, 0.5) is 13.2 Å². The number of hydrogen-bond acceptors (Lipinski definition) is 1. The van der Waals surface area contributed by atoms with E-state index >= 15 is 0 Å². The molecular weight excluding hydrogens is 243 g/mol. The first-order valence-corrected chi connectivity index (χ1v) is 5.54. The van der Waals surface area contributed by atoms with Crippen molar-refractivity contribution < 1.29 is 13.2 Å². The fourth-order valence-corrected chi connectivity index (χ4v) is 2.11. The molecule has 2 nitrogen and oxygen atoms in total. The van der Waals surface area contributed by atoms with Crippen LogP contribution in [0.25, 0.3) is 10.9 Å². The van der Waals surface area contributed by atoms with Crippen molar-refractivity contribution >= 4 is 10.9 Å². The number of para-hydroxylation sites is 1. The van der Waals surface area contributed by atoms with Gasteiger partial charge >= 0.3 is 6.18 Å². The number of aromatic nitrogens is 1. The first-order chi connectivity index (χ1) is 8.32. The van der Waals surface area contributed by atoms with Crippen molar-refractivity contribution in [2.45, 2.75) is 25.9 Å². The third-order valence-corrected chi connectivity index (χ3v) is 2.82. The van der Waals surface area contributed by atoms with Gasteiger partial charge in [-0.25, -0.2) is 0 Å². The van der Waals surface area contributed by atoms with Crippen LogP contribution in [0.3, 0.4) is 0 Å². The number of benzene rings is 1. The number of H-pyrrole nitrogens is 1. The molecule has 0 saturated carbocycles. The van der Waals surface area contributed by atoms with E-state index in [1.54, 1.807) is 19.9 Å². The van der Waals surface area contributed by atoms with E-state index in [1.165, 1.54) is 18.2 Å². The molecule has 1 N–H and O–H groups in total. The molecule has 0 unspecified atom stereocenters. The summed E-state index contributed by atoms with van der Waals surface area (Å²) in [5, 5.41) is 0.0355. The smallest absolute Gasteiger partial charge is 0.322 e. The van der Waals surface area contributed by atoms with Crippen molar-refractivity contribution in [2.24, 2.45) is 0 Å². The van der Waals surface area contributed by atoms with Gasteiger partial charge in [-0.15, -0.1) is 0 Å². The molecule has 2 rings (SSSR count). The highest BCUT2D eigenvalue weighted by atomic mass is 19.4. The number of hydrogen-bond donors (Lipinski definition) is 1. The van der Waals surface area contributed by atoms with Crippen molar-refractivity contribution in [3.8, 4) is 0 Å². The second-order valence-electron chi connectivity index (χ2n) is 4.44. The molecule has 0 atom stereocenters. The third-order valence-electron chi connectivity index (χ3n) is 2.82. The minimum absolute atomic E-state index is 0.0355. The van der Waals surface area contributed by atoms with Crippen molar-refractivity contribution in [3.05, 3.63) is 45.7 Å². The van der Waals surface area contributed by atoms with Gasteiger partial charge in [0.1, 0.15) is 0 Å². The van der Waals surface area contributed by atoms with Crippen LogP contribution in [0.1, 0.15) is 30.9 Å². The van der Waals surface area contributed by atoms with Gasteiger partial charge in [0.05, 0.1) is 5.56 Å². The SMILES string of the molecule is CC(C)c1c(C(F)(F)F)c2ccccc2[nH]c1=O. The quantitative estimate of drug-likeness (QED) is 0.828. The van der Waals surface area contributed by atoms with Gasteiger partial charge in [0.15, 0.2) is 0 Å². The van der Waals surface area contributed by atoms with E-state index in [9.17, 15) is 18.0 Å². The molecule has 0 fully saturated rings. The van der Waals surface area contributed by atoms with Gasteiger partial charge < -0.3 is 4.98 Å². The molecule has 1 heterocycles. The molecule has 96 valence electrons. The third kappa shape index (κ3) is 2.00. The number of rotatable bonds is 1. The zero-order chi connectivity index (χ0) is 13.5. The first-order valence-electron chi connectivity index (χ1n) is 5.54. The van der Waals surface area contributed by atoms with Crippen molar-refractivity contribution in [1.29, 1.82) is 0 Å². The van der Waals surface area contributed by atoms with Crippen LogP contribution in [-0.4, -0.2) is 4.98 Å². The molecule has 18 heavy (non-hydrogen) atoms. The molecule has 0 amide bonds. The molecule has 1 aromatic carbocycles. The second-order valence-corrected chi connectivity index (χ2v) is 4.44. The van der Waals surface area contributed by atoms with Gasteiger partial charge in [-0.2, -0.15) is 13.2 Å². The summed E-state index contributed by atoms with van der Waals surface area (Å²) >= 11 is 0. The number of alkyl halides is 3. The lowest BCUT2D eigenvalue weighted by molar-refractivity contribution is -0.137. The lowest BCUT2D eigenvalue weighted by atomic mass is 9.95. The Morgan fingerprint density at radius 3 is 2.33 bits per heavy atom. The monoisotopic (exact) mass is 255 g/mol. The lowest BCUT2D eigenvalue weighted by Gasteiger charge is -2.17. The van der Waals surface area contributed by atoms with E-state index in [1.807, 2.05) is 0 Å². The highest BCUT2D eigenvalue weighted by Crippen LogP contribution is 2.37. The molecule has 5 heteroatoms. The molecule has 2 aromatic rings. The Kier molecular flexibility index (Phi) is 2.92. The van der Waals surface area contributed by atoms with Crippen LogP contribution in [0.15, 0.2) is 29.1 Å². The summed E-state index contributed by atoms with van der Waals surface area (Å²) in [6.45, 7) is 3.16. The molecule has 0 saturated heterocycles. The van der Waals surface area contributed by atoms with E-state index in [0.717, 1.165) is 0 Å². The number of halogens is 3. The summed E-state index contributed by atoms with van der Waals surface area (Å²) in [5.74, 6) is -0.491. The van der Waals surface area contributed by atoms with Crippen molar-refractivity contribution in [1.82, 2.24) is 4.98 Å². The minimum atomic E-state index is -4.53. The van der Waals surface area contributed by atoms with Crippen molar-refractivity contribution in [2.75, 3.05) is 0 Å². The summed E-state index contributed by atoms with van der Waals surface area (Å²) in [4.78, 5) is 14.3. The van der Waals surface area contributed by atoms with E-state index in [2.05, 4.69) is 4.98 Å². The molecular formula is C13H12F3NO. The average molecular weight is 255 g/mol. The highest BCUT2D eigenvalue weighted by molar-refractivity contribution is 5.83. The van der Waals surface area contributed by atoms with Crippen molar-refractivity contribution in [3.63, 3.8) is 0 Å². The average Bonchev–Trinajstić information content (AvgIpc) is 2.25. The van der Waals surface area contributed by atoms with Crippen LogP contribution < -0.4 is 5.56 Å². The minimum Gasteiger partial charge on any atom is -0.322 e. The summed E-state index contributed by atoms with van der Waals surface area (Å²) < 4.78 is 39.5. The number of nitrogens with one attached hydrogen (secondary N) is 1. The standard InChI is InChI=1S/C13H12F3NO/c1-7(2)10-11(13(14,15)16)8-5-3-4-6-9(8)17-12(10)18/h3-7H,1-2H3,(H,17,18). The first kappa shape index (κ1) is 12.7. The lowest BCUT2D eigenvalue weighted by Crippen LogP contribution is -2.22. The second kappa shape index (κ2) is 4.15. The zero-order valence-corrected chi connectivity index (χ0v) is 9.93. The fourth-order valence-electron chi connectivity index (χ4n) is 2.11. The summed E-state index contributed by atoms with van der Waals surface area (Å²) in [6, 6.07) is 5.96. The van der Waals surface area contributed by atoms with E-state index in [-0.39, 0.29) is 16.5 Å². The van der Waals surface area contributed by atoms with Gasteiger partial charge in [0.25, 0.3) is 5.56 Å². The Labute approximate surface area is 101 Å². The highest BCUT2D eigenvalue weighted by Gasteiger charge is 2.37. The number of aromatic amines is 1. The zero-order valence-electron chi connectivity index (χ0n) is 9.93. The molecule has 0 aliphatic heterocycles. The van der Waals surface area contributed by atoms with Crippen LogP contribution in [0, 0.1) is 0 Å². The molecule has 1 aromatic heterocycles. The van der Waals surface area contributed by atoms with Crippen LogP contribution in [0.5, 0.6) is 0 Å². The molecule has 0 radical (unpaired) electrons. The van der Waals surface area contributed by atoms with E-state index in [4.69, 9.17) is 0 Å². The molecule has 0 aliphatic rings. The maximum absolute atomic E-state index is 13.2. The summed E-state index contributed by atoms with van der Waals surface area (Å²) in [6.07, 6.45) is -4.53. The maximum atomic E-state index is 13.2. The van der Waals surface area contributed by atoms with Crippen LogP contribution in [-0.2, 0) is 6.18 Å². The van der Waals surface area contributed by atoms with Gasteiger partial charge in [-0.05, 0) is 12.0 Å². The Hall–Kier alpha value is -1.78. The van der Waals surface area contributed by atoms with E-state index < -0.39 is 23.2 Å².